The zero-order chi connectivity index (χ0) is 55.0. The van der Waals surface area contributed by atoms with Gasteiger partial charge in [-0.15, -0.1) is 0 Å². The van der Waals surface area contributed by atoms with E-state index in [-0.39, 0.29) is 18.5 Å². The minimum atomic E-state index is -0.846. The summed E-state index contributed by atoms with van der Waals surface area (Å²) in [6.07, 6.45) is 83.5. The minimum absolute atomic E-state index is 0.00148. The summed E-state index contributed by atoms with van der Waals surface area (Å²) in [7, 11) is 0. The van der Waals surface area contributed by atoms with Crippen molar-refractivity contribution in [1.29, 1.82) is 0 Å². The molecule has 6 heteroatoms. The summed E-state index contributed by atoms with van der Waals surface area (Å²) >= 11 is 0. The Bertz CT molecular complexity index is 1230. The van der Waals surface area contributed by atoms with Crippen LogP contribution >= 0.6 is 0 Å². The van der Waals surface area contributed by atoms with Gasteiger partial charge >= 0.3 is 5.97 Å². The molecule has 76 heavy (non-hydrogen) atoms. The van der Waals surface area contributed by atoms with E-state index < -0.39 is 12.1 Å². The molecule has 0 aliphatic heterocycles. The lowest BCUT2D eigenvalue weighted by molar-refractivity contribution is -0.143. The maximum absolute atomic E-state index is 12.5. The molecule has 0 aromatic rings. The Hall–Kier alpha value is -1.92. The number of rotatable bonds is 64. The molecule has 2 atom stereocenters. The average molecular weight is 1070 g/mol. The third kappa shape index (κ3) is 61.3. The molecule has 6 nitrogen and oxygen atoms in total. The van der Waals surface area contributed by atoms with Gasteiger partial charge in [0, 0.05) is 12.8 Å². The van der Waals surface area contributed by atoms with E-state index in [0.717, 1.165) is 51.4 Å². The molecule has 0 spiro atoms. The minimum Gasteiger partial charge on any atom is -0.466 e. The maximum Gasteiger partial charge on any atom is 0.305 e. The molecule has 448 valence electrons. The number of allylic oxidation sites excluding steroid dienone is 5. The van der Waals surface area contributed by atoms with E-state index in [9.17, 15) is 19.8 Å². The van der Waals surface area contributed by atoms with Crippen molar-refractivity contribution in [3.05, 3.63) is 36.5 Å². The Morgan fingerprint density at radius 1 is 0.368 bits per heavy atom. The summed E-state index contributed by atoms with van der Waals surface area (Å²) in [5.74, 6) is -0.0662. The predicted molar refractivity (Wildman–Crippen MR) is 333 cm³/mol. The van der Waals surface area contributed by atoms with Crippen LogP contribution in [0, 0.1) is 0 Å². The van der Waals surface area contributed by atoms with Crippen LogP contribution in [0.3, 0.4) is 0 Å². The van der Waals surface area contributed by atoms with Gasteiger partial charge in [0.05, 0.1) is 25.4 Å². The first-order chi connectivity index (χ1) is 37.5. The monoisotopic (exact) mass is 1070 g/mol. The van der Waals surface area contributed by atoms with Crippen LogP contribution in [0.25, 0.3) is 0 Å². The van der Waals surface area contributed by atoms with E-state index in [1.54, 1.807) is 6.08 Å². The summed E-state index contributed by atoms with van der Waals surface area (Å²) in [6, 6.07) is -0.630. The molecular formula is C70H133NO5. The van der Waals surface area contributed by atoms with E-state index in [1.165, 1.54) is 295 Å². The van der Waals surface area contributed by atoms with Crippen LogP contribution in [0.15, 0.2) is 36.5 Å². The highest BCUT2D eigenvalue weighted by molar-refractivity contribution is 5.76. The van der Waals surface area contributed by atoms with Crippen molar-refractivity contribution < 1.29 is 24.5 Å². The number of hydrogen-bond acceptors (Lipinski definition) is 5. The molecule has 0 saturated carbocycles. The molecule has 1 amide bonds. The first kappa shape index (κ1) is 74.1. The Balaban J connectivity index is 3.42. The zero-order valence-corrected chi connectivity index (χ0v) is 51.3. The summed E-state index contributed by atoms with van der Waals surface area (Å²) < 4.78 is 5.48. The van der Waals surface area contributed by atoms with Gasteiger partial charge in [0.2, 0.25) is 5.91 Å². The highest BCUT2D eigenvalue weighted by Crippen LogP contribution is 2.18. The predicted octanol–water partition coefficient (Wildman–Crippen LogP) is 21.9. The zero-order valence-electron chi connectivity index (χ0n) is 51.3. The van der Waals surface area contributed by atoms with Crippen molar-refractivity contribution in [2.45, 2.75) is 386 Å². The molecule has 0 fully saturated rings. The van der Waals surface area contributed by atoms with Crippen LogP contribution in [-0.2, 0) is 14.3 Å². The number of amides is 1. The topological polar surface area (TPSA) is 95.9 Å². The lowest BCUT2D eigenvalue weighted by Crippen LogP contribution is -2.45. The van der Waals surface area contributed by atoms with Crippen LogP contribution in [0.5, 0.6) is 0 Å². The Kier molecular flexibility index (Phi) is 63.9. The standard InChI is InChI=1S/C70H133NO5/c1-3-5-7-9-11-13-15-17-19-20-21-22-23-26-29-32-35-38-42-46-50-54-58-62-68(73)67(66-72)71-69(74)63-59-55-51-47-43-39-36-33-30-27-24-25-28-31-34-37-41-45-49-53-57-61-65-76-70(75)64-60-56-52-48-44-40-18-16-14-12-10-8-6-4-2/h10,12,16,18,58,62,67-68,72-73H,3-9,11,13-15,17,19-57,59-61,63-66H2,1-2H3,(H,71,74)/b12-10-,18-16-,62-58+. The van der Waals surface area contributed by atoms with Crippen molar-refractivity contribution in [3.63, 3.8) is 0 Å². The second-order valence-electron chi connectivity index (χ2n) is 23.5. The van der Waals surface area contributed by atoms with Gasteiger partial charge < -0.3 is 20.3 Å². The quantitative estimate of drug-likeness (QED) is 0.0320. The first-order valence-electron chi connectivity index (χ1n) is 34.3. The molecule has 0 aliphatic rings. The Morgan fingerprint density at radius 2 is 0.671 bits per heavy atom. The summed E-state index contributed by atoms with van der Waals surface area (Å²) in [4.78, 5) is 24.6. The van der Waals surface area contributed by atoms with Crippen LogP contribution in [0.4, 0.5) is 0 Å². The van der Waals surface area contributed by atoms with E-state index in [2.05, 4.69) is 43.5 Å². The third-order valence-corrected chi connectivity index (χ3v) is 15.9. The van der Waals surface area contributed by atoms with E-state index in [4.69, 9.17) is 4.74 Å². The van der Waals surface area contributed by atoms with E-state index in [1.807, 2.05) is 6.08 Å². The summed E-state index contributed by atoms with van der Waals surface area (Å²) in [6.45, 7) is 4.89. The number of carbonyl (C=O) groups is 2. The van der Waals surface area contributed by atoms with Gasteiger partial charge in [0.25, 0.3) is 0 Å². The van der Waals surface area contributed by atoms with Crippen molar-refractivity contribution in [2.24, 2.45) is 0 Å². The molecule has 3 N–H and O–H groups in total. The molecular weight excluding hydrogens is 935 g/mol. The number of esters is 1. The Morgan fingerprint density at radius 3 is 1.04 bits per heavy atom. The van der Waals surface area contributed by atoms with Crippen LogP contribution in [-0.4, -0.2) is 47.4 Å². The molecule has 0 saturated heterocycles. The number of carbonyl (C=O) groups excluding carboxylic acids is 2. The lowest BCUT2D eigenvalue weighted by Gasteiger charge is -2.20. The van der Waals surface area contributed by atoms with Crippen molar-refractivity contribution >= 4 is 11.9 Å². The number of nitrogens with one attached hydrogen (secondary N) is 1. The molecule has 0 bridgehead atoms. The number of aliphatic hydroxyl groups excluding tert-OH is 2. The van der Waals surface area contributed by atoms with Gasteiger partial charge in [-0.2, -0.15) is 0 Å². The third-order valence-electron chi connectivity index (χ3n) is 15.9. The number of ether oxygens (including phenoxy) is 1. The first-order valence-corrected chi connectivity index (χ1v) is 34.3. The molecule has 0 aromatic carbocycles. The largest absolute Gasteiger partial charge is 0.466 e. The fraction of sp³-hybridized carbons (Fsp3) is 0.886. The molecule has 0 aromatic heterocycles. The smallest absolute Gasteiger partial charge is 0.305 e. The Labute approximate surface area is 474 Å². The van der Waals surface area contributed by atoms with Crippen LogP contribution in [0.1, 0.15) is 373 Å². The van der Waals surface area contributed by atoms with Crippen LogP contribution < -0.4 is 5.32 Å². The highest BCUT2D eigenvalue weighted by atomic mass is 16.5. The van der Waals surface area contributed by atoms with Gasteiger partial charge in [-0.05, 0) is 57.8 Å². The fourth-order valence-corrected chi connectivity index (χ4v) is 10.7. The fourth-order valence-electron chi connectivity index (χ4n) is 10.7. The van der Waals surface area contributed by atoms with Crippen molar-refractivity contribution in [1.82, 2.24) is 5.32 Å². The number of unbranched alkanes of at least 4 members (excludes halogenated alkanes) is 49. The van der Waals surface area contributed by atoms with Gasteiger partial charge in [-0.1, -0.05) is 339 Å². The normalized spacial score (nSPS) is 12.7. The summed E-state index contributed by atoms with van der Waals surface area (Å²) in [5, 5.41) is 23.3. The van der Waals surface area contributed by atoms with Gasteiger partial charge in [0.15, 0.2) is 0 Å². The van der Waals surface area contributed by atoms with Gasteiger partial charge in [0.1, 0.15) is 0 Å². The second kappa shape index (κ2) is 65.6. The molecule has 0 aliphatic carbocycles. The SMILES string of the molecule is CCCC/C=C\C/C=C\CCCCCCCC(=O)OCCCCCCCCCCCCCCCCCCCCCCCCC(=O)NC(CO)C(O)/C=C/CCCCCCCCCCCCCCCCCCCCCCC. The number of aliphatic hydroxyl groups is 2. The number of hydrogen-bond donors (Lipinski definition) is 3. The van der Waals surface area contributed by atoms with Crippen molar-refractivity contribution in [2.75, 3.05) is 13.2 Å². The molecule has 0 heterocycles. The van der Waals surface area contributed by atoms with E-state index in [0.29, 0.717) is 19.4 Å². The van der Waals surface area contributed by atoms with E-state index >= 15 is 0 Å². The molecule has 0 radical (unpaired) electrons. The molecule has 2 unspecified atom stereocenters. The van der Waals surface area contributed by atoms with Crippen molar-refractivity contribution in [3.8, 4) is 0 Å². The lowest BCUT2D eigenvalue weighted by atomic mass is 10.0. The second-order valence-corrected chi connectivity index (χ2v) is 23.5. The maximum atomic E-state index is 12.5. The van der Waals surface area contributed by atoms with Crippen LogP contribution in [0.2, 0.25) is 0 Å². The molecule has 0 rings (SSSR count). The van der Waals surface area contributed by atoms with Gasteiger partial charge in [-0.25, -0.2) is 0 Å². The summed E-state index contributed by atoms with van der Waals surface area (Å²) in [5.41, 5.74) is 0. The highest BCUT2D eigenvalue weighted by Gasteiger charge is 2.18. The van der Waals surface area contributed by atoms with Gasteiger partial charge in [-0.3, -0.25) is 9.59 Å². The average Bonchev–Trinajstić information content (AvgIpc) is 3.42.